The molecule has 0 aromatic rings. The molecule has 3 atom stereocenters. The molecule has 0 bridgehead atoms. The number of hydrogen-bond acceptors (Lipinski definition) is 4. The first-order valence-electron chi connectivity index (χ1n) is 6.34. The van der Waals surface area contributed by atoms with Crippen molar-refractivity contribution in [2.24, 2.45) is 17.4 Å². The summed E-state index contributed by atoms with van der Waals surface area (Å²) in [6.45, 7) is 3.95. The molecule has 106 valence electrons. The van der Waals surface area contributed by atoms with Crippen molar-refractivity contribution in [2.75, 3.05) is 13.1 Å². The van der Waals surface area contributed by atoms with Crippen molar-refractivity contribution in [3.63, 3.8) is 0 Å². The van der Waals surface area contributed by atoms with Gasteiger partial charge in [-0.1, -0.05) is 6.92 Å². The molecule has 7 heteroatoms. The fraction of sp³-hybridized carbons (Fsp3) is 0.909. The van der Waals surface area contributed by atoms with E-state index in [1.807, 2.05) is 6.92 Å². The molecule has 0 spiro atoms. The zero-order valence-corrected chi connectivity index (χ0v) is 11.8. The highest BCUT2D eigenvalue weighted by molar-refractivity contribution is 7.89. The van der Waals surface area contributed by atoms with Crippen LogP contribution in [0.1, 0.15) is 33.1 Å². The molecule has 1 heterocycles. The van der Waals surface area contributed by atoms with E-state index in [1.165, 1.54) is 4.31 Å². The number of nitrogens with two attached hydrogens (primary N) is 2. The second-order valence-electron chi connectivity index (χ2n) is 4.91. The number of sulfonamides is 1. The van der Waals surface area contributed by atoms with E-state index < -0.39 is 21.2 Å². The number of carbonyl (C=O) groups excluding carboxylic acids is 1. The first-order chi connectivity index (χ1) is 8.34. The van der Waals surface area contributed by atoms with Crippen molar-refractivity contribution in [3.8, 4) is 0 Å². The highest BCUT2D eigenvalue weighted by atomic mass is 32.2. The molecule has 0 aromatic carbocycles. The molecule has 0 aromatic heterocycles. The van der Waals surface area contributed by atoms with Crippen molar-refractivity contribution >= 4 is 15.9 Å². The number of rotatable bonds is 5. The first-order valence-corrected chi connectivity index (χ1v) is 7.84. The summed E-state index contributed by atoms with van der Waals surface area (Å²) in [5.74, 6) is -0.811. The Morgan fingerprint density at radius 3 is 2.50 bits per heavy atom. The van der Waals surface area contributed by atoms with Gasteiger partial charge >= 0.3 is 0 Å². The van der Waals surface area contributed by atoms with Crippen molar-refractivity contribution in [1.82, 2.24) is 4.31 Å². The van der Waals surface area contributed by atoms with Crippen LogP contribution in [0.3, 0.4) is 0 Å². The van der Waals surface area contributed by atoms with Gasteiger partial charge in [0.25, 0.3) is 0 Å². The summed E-state index contributed by atoms with van der Waals surface area (Å²) in [7, 11) is -3.44. The van der Waals surface area contributed by atoms with E-state index in [9.17, 15) is 13.2 Å². The van der Waals surface area contributed by atoms with Crippen molar-refractivity contribution in [3.05, 3.63) is 0 Å². The van der Waals surface area contributed by atoms with E-state index in [2.05, 4.69) is 0 Å². The minimum Gasteiger partial charge on any atom is -0.369 e. The smallest absolute Gasteiger partial charge is 0.221 e. The topological polar surface area (TPSA) is 106 Å². The number of primary amides is 1. The molecule has 1 aliphatic heterocycles. The van der Waals surface area contributed by atoms with Gasteiger partial charge < -0.3 is 11.5 Å². The highest BCUT2D eigenvalue weighted by Crippen LogP contribution is 2.26. The molecule has 0 saturated carbocycles. The third-order valence-corrected chi connectivity index (χ3v) is 6.22. The van der Waals surface area contributed by atoms with E-state index in [-0.39, 0.29) is 25.0 Å². The molecule has 0 radical (unpaired) electrons. The fourth-order valence-corrected chi connectivity index (χ4v) is 4.39. The molecule has 18 heavy (non-hydrogen) atoms. The Labute approximate surface area is 109 Å². The number of hydrogen-bond donors (Lipinski definition) is 2. The van der Waals surface area contributed by atoms with E-state index in [0.717, 1.165) is 0 Å². The zero-order chi connectivity index (χ0) is 13.9. The Morgan fingerprint density at radius 1 is 1.44 bits per heavy atom. The third-order valence-electron chi connectivity index (χ3n) is 3.69. The van der Waals surface area contributed by atoms with Crippen LogP contribution < -0.4 is 11.5 Å². The Kier molecular flexibility index (Phi) is 5.12. The average molecular weight is 277 g/mol. The van der Waals surface area contributed by atoms with Gasteiger partial charge in [0.05, 0.1) is 11.2 Å². The lowest BCUT2D eigenvalue weighted by Crippen LogP contribution is -2.52. The standard InChI is InChI=1S/C11H23N3O3S/c1-3-10(6-12)18(16,17)14-7-9(11(13)15)5-4-8(14)2/h8-10H,3-7,12H2,1-2H3,(H2,13,15). The maximum absolute atomic E-state index is 12.4. The minimum atomic E-state index is -3.44. The molecule has 1 saturated heterocycles. The maximum atomic E-state index is 12.4. The molecular weight excluding hydrogens is 254 g/mol. The predicted molar refractivity (Wildman–Crippen MR) is 70.1 cm³/mol. The van der Waals surface area contributed by atoms with Gasteiger partial charge in [0.15, 0.2) is 0 Å². The summed E-state index contributed by atoms with van der Waals surface area (Å²) in [4.78, 5) is 11.2. The quantitative estimate of drug-likeness (QED) is 0.715. The van der Waals surface area contributed by atoms with Crippen LogP contribution in [0, 0.1) is 5.92 Å². The summed E-state index contributed by atoms with van der Waals surface area (Å²) < 4.78 is 26.3. The zero-order valence-electron chi connectivity index (χ0n) is 11.0. The third kappa shape index (κ3) is 3.02. The van der Waals surface area contributed by atoms with Crippen LogP contribution in [0.5, 0.6) is 0 Å². The second-order valence-corrected chi connectivity index (χ2v) is 7.07. The molecule has 3 unspecified atom stereocenters. The highest BCUT2D eigenvalue weighted by Gasteiger charge is 2.38. The van der Waals surface area contributed by atoms with Crippen LogP contribution >= 0.6 is 0 Å². The Balaban J connectivity index is 2.94. The molecule has 1 aliphatic rings. The van der Waals surface area contributed by atoms with Crippen LogP contribution in [-0.4, -0.2) is 43.0 Å². The summed E-state index contributed by atoms with van der Waals surface area (Å²) in [6.07, 6.45) is 1.79. The van der Waals surface area contributed by atoms with Gasteiger partial charge in [0, 0.05) is 19.1 Å². The number of piperidine rings is 1. The van der Waals surface area contributed by atoms with Gasteiger partial charge in [-0.25, -0.2) is 8.42 Å². The number of nitrogens with zero attached hydrogens (tertiary/aromatic N) is 1. The van der Waals surface area contributed by atoms with Gasteiger partial charge in [-0.05, 0) is 26.2 Å². The molecule has 4 N–H and O–H groups in total. The number of carbonyl (C=O) groups is 1. The second kappa shape index (κ2) is 5.99. The molecule has 1 rings (SSSR count). The molecule has 0 aliphatic carbocycles. The van der Waals surface area contributed by atoms with E-state index in [4.69, 9.17) is 11.5 Å². The number of amides is 1. The van der Waals surface area contributed by atoms with Crippen molar-refractivity contribution < 1.29 is 13.2 Å². The van der Waals surface area contributed by atoms with Crippen LogP contribution in [0.2, 0.25) is 0 Å². The van der Waals surface area contributed by atoms with Crippen LogP contribution in [0.25, 0.3) is 0 Å². The van der Waals surface area contributed by atoms with Gasteiger partial charge in [-0.3, -0.25) is 4.79 Å². The van der Waals surface area contributed by atoms with Gasteiger partial charge in [0.2, 0.25) is 15.9 Å². The Morgan fingerprint density at radius 2 is 2.06 bits per heavy atom. The molecule has 1 amide bonds. The first kappa shape index (κ1) is 15.4. The normalized spacial score (nSPS) is 27.9. The Bertz CT molecular complexity index is 392. The lowest BCUT2D eigenvalue weighted by molar-refractivity contribution is -0.123. The fourth-order valence-electron chi connectivity index (χ4n) is 2.35. The lowest BCUT2D eigenvalue weighted by atomic mass is 9.95. The van der Waals surface area contributed by atoms with Gasteiger partial charge in [-0.15, -0.1) is 0 Å². The van der Waals surface area contributed by atoms with E-state index in [0.29, 0.717) is 19.3 Å². The SMILES string of the molecule is CCC(CN)S(=O)(=O)N1CC(C(N)=O)CCC1C. The predicted octanol–water partition coefficient (Wildman–Crippen LogP) is -0.361. The van der Waals surface area contributed by atoms with E-state index in [1.54, 1.807) is 6.92 Å². The monoisotopic (exact) mass is 277 g/mol. The summed E-state index contributed by atoms with van der Waals surface area (Å²) in [5.41, 5.74) is 10.8. The molecular formula is C11H23N3O3S. The largest absolute Gasteiger partial charge is 0.369 e. The Hall–Kier alpha value is -0.660. The molecule has 6 nitrogen and oxygen atoms in total. The summed E-state index contributed by atoms with van der Waals surface area (Å²) >= 11 is 0. The summed E-state index contributed by atoms with van der Waals surface area (Å²) in [5, 5.41) is -0.577. The van der Waals surface area contributed by atoms with Crippen LogP contribution in [0.15, 0.2) is 0 Å². The van der Waals surface area contributed by atoms with Crippen LogP contribution in [0.4, 0.5) is 0 Å². The van der Waals surface area contributed by atoms with Crippen molar-refractivity contribution in [2.45, 2.75) is 44.4 Å². The van der Waals surface area contributed by atoms with Gasteiger partial charge in [0.1, 0.15) is 0 Å². The van der Waals surface area contributed by atoms with E-state index >= 15 is 0 Å². The average Bonchev–Trinajstić information content (AvgIpc) is 2.30. The van der Waals surface area contributed by atoms with Crippen molar-refractivity contribution in [1.29, 1.82) is 0 Å². The van der Waals surface area contributed by atoms with Crippen LogP contribution in [-0.2, 0) is 14.8 Å². The maximum Gasteiger partial charge on any atom is 0.221 e. The lowest BCUT2D eigenvalue weighted by Gasteiger charge is -2.37. The minimum absolute atomic E-state index is 0.0915. The molecule has 1 fully saturated rings. The van der Waals surface area contributed by atoms with Gasteiger partial charge in [-0.2, -0.15) is 4.31 Å². The summed E-state index contributed by atoms with van der Waals surface area (Å²) in [6, 6.07) is -0.0915.